The van der Waals surface area contributed by atoms with E-state index in [-0.39, 0.29) is 16.1 Å². The average molecular weight is 315 g/mol. The minimum Gasteiger partial charge on any atom is -0.478 e. The lowest BCUT2D eigenvalue weighted by atomic mass is 10.1. The van der Waals surface area contributed by atoms with Crippen LogP contribution in [0.2, 0.25) is 0 Å². The Morgan fingerprint density at radius 3 is 2.70 bits per heavy atom. The van der Waals surface area contributed by atoms with Gasteiger partial charge >= 0.3 is 5.97 Å². The van der Waals surface area contributed by atoms with E-state index in [2.05, 4.69) is 4.72 Å². The third-order valence-electron chi connectivity index (χ3n) is 3.39. The molecule has 1 aromatic carbocycles. The molecule has 0 unspecified atom stereocenters. The first-order valence-electron chi connectivity index (χ1n) is 6.21. The molecule has 1 aliphatic carbocycles. The summed E-state index contributed by atoms with van der Waals surface area (Å²) >= 11 is 1.69. The molecule has 2 N–H and O–H groups in total. The highest BCUT2D eigenvalue weighted by Gasteiger charge is 2.42. The van der Waals surface area contributed by atoms with E-state index in [1.54, 1.807) is 23.9 Å². The third-order valence-corrected chi connectivity index (χ3v) is 6.10. The molecule has 0 amide bonds. The fraction of sp³-hybridized carbons (Fsp3) is 0.462. The van der Waals surface area contributed by atoms with Gasteiger partial charge in [-0.1, -0.05) is 12.1 Å². The predicted octanol–water partition coefficient (Wildman–Crippen LogP) is 1.70. The minimum absolute atomic E-state index is 0.0655. The molecule has 0 saturated heterocycles. The molecule has 1 saturated carbocycles. The van der Waals surface area contributed by atoms with Gasteiger partial charge in [0.1, 0.15) is 0 Å². The lowest BCUT2D eigenvalue weighted by Crippen LogP contribution is -2.32. The number of hydrogen-bond acceptors (Lipinski definition) is 4. The summed E-state index contributed by atoms with van der Waals surface area (Å²) in [6, 6.07) is 6.01. The maximum Gasteiger partial charge on any atom is 0.335 e. The molecule has 0 aliphatic heterocycles. The third kappa shape index (κ3) is 3.97. The fourth-order valence-corrected chi connectivity index (χ4v) is 3.93. The van der Waals surface area contributed by atoms with Gasteiger partial charge in [0.2, 0.25) is 10.0 Å². The molecule has 7 heteroatoms. The Morgan fingerprint density at radius 1 is 1.45 bits per heavy atom. The number of benzene rings is 1. The van der Waals surface area contributed by atoms with Gasteiger partial charge in [-0.05, 0) is 36.8 Å². The van der Waals surface area contributed by atoms with E-state index in [9.17, 15) is 13.2 Å². The maximum absolute atomic E-state index is 12.0. The topological polar surface area (TPSA) is 83.5 Å². The summed E-state index contributed by atoms with van der Waals surface area (Å²) < 4.78 is 26.7. The number of rotatable bonds is 7. The quantitative estimate of drug-likeness (QED) is 0.800. The molecule has 0 radical (unpaired) electrons. The van der Waals surface area contributed by atoms with Gasteiger partial charge in [0.05, 0.1) is 11.3 Å². The summed E-state index contributed by atoms with van der Waals surface area (Å²) in [5.74, 6) is -1.25. The standard InChI is InChI=1S/C13H17NO4S2/c1-19-13(5-6-13)9-14-20(17,18)8-10-3-2-4-11(7-10)12(15)16/h2-4,7,14H,5-6,8-9H2,1H3,(H,15,16). The Balaban J connectivity index is 2.01. The molecular formula is C13H17NO4S2. The molecule has 0 bridgehead atoms. The van der Waals surface area contributed by atoms with Crippen molar-refractivity contribution in [3.63, 3.8) is 0 Å². The summed E-state index contributed by atoms with van der Waals surface area (Å²) in [5.41, 5.74) is 0.576. The molecule has 1 fully saturated rings. The summed E-state index contributed by atoms with van der Waals surface area (Å²) in [6.45, 7) is 0.440. The van der Waals surface area contributed by atoms with E-state index < -0.39 is 16.0 Å². The molecule has 0 heterocycles. The number of carboxylic acid groups (broad SMARTS) is 1. The first-order chi connectivity index (χ1) is 9.36. The zero-order valence-corrected chi connectivity index (χ0v) is 12.8. The fourth-order valence-electron chi connectivity index (χ4n) is 1.90. The largest absolute Gasteiger partial charge is 0.478 e. The molecular weight excluding hydrogens is 298 g/mol. The van der Waals surface area contributed by atoms with Gasteiger partial charge < -0.3 is 5.11 Å². The lowest BCUT2D eigenvalue weighted by Gasteiger charge is -2.13. The van der Waals surface area contributed by atoms with Crippen LogP contribution >= 0.6 is 11.8 Å². The van der Waals surface area contributed by atoms with E-state index >= 15 is 0 Å². The van der Waals surface area contributed by atoms with E-state index in [1.165, 1.54) is 12.1 Å². The Kier molecular flexibility index (Phi) is 4.41. The molecule has 0 aromatic heterocycles. The Labute approximate surface area is 122 Å². The zero-order valence-electron chi connectivity index (χ0n) is 11.1. The van der Waals surface area contributed by atoms with Crippen LogP contribution in [0.25, 0.3) is 0 Å². The van der Waals surface area contributed by atoms with E-state index in [4.69, 9.17) is 5.11 Å². The van der Waals surface area contributed by atoms with Gasteiger partial charge in [0.15, 0.2) is 0 Å². The van der Waals surface area contributed by atoms with Crippen molar-refractivity contribution in [2.24, 2.45) is 0 Å². The van der Waals surface area contributed by atoms with Gasteiger partial charge in [-0.25, -0.2) is 17.9 Å². The average Bonchev–Trinajstić information content (AvgIpc) is 3.17. The highest BCUT2D eigenvalue weighted by atomic mass is 32.2. The highest BCUT2D eigenvalue weighted by molar-refractivity contribution is 8.00. The maximum atomic E-state index is 12.0. The molecule has 0 atom stereocenters. The van der Waals surface area contributed by atoms with Crippen LogP contribution in [0, 0.1) is 0 Å². The number of sulfonamides is 1. The number of thioether (sulfide) groups is 1. The smallest absolute Gasteiger partial charge is 0.335 e. The lowest BCUT2D eigenvalue weighted by molar-refractivity contribution is 0.0696. The number of nitrogens with one attached hydrogen (secondary N) is 1. The normalized spacial score (nSPS) is 16.9. The van der Waals surface area contributed by atoms with Crippen LogP contribution < -0.4 is 4.72 Å². The Morgan fingerprint density at radius 2 is 2.15 bits per heavy atom. The second-order valence-electron chi connectivity index (χ2n) is 4.97. The van der Waals surface area contributed by atoms with Crippen molar-refractivity contribution in [2.75, 3.05) is 12.8 Å². The van der Waals surface area contributed by atoms with Crippen molar-refractivity contribution in [1.82, 2.24) is 4.72 Å². The van der Waals surface area contributed by atoms with Crippen LogP contribution in [-0.2, 0) is 15.8 Å². The Hall–Kier alpha value is -1.05. The van der Waals surface area contributed by atoms with Crippen LogP contribution in [0.3, 0.4) is 0 Å². The van der Waals surface area contributed by atoms with Gasteiger partial charge in [-0.15, -0.1) is 0 Å². The SMILES string of the molecule is CSC1(CNS(=O)(=O)Cc2cccc(C(=O)O)c2)CC1. The molecule has 2 rings (SSSR count). The number of aromatic carboxylic acids is 1. The summed E-state index contributed by atoms with van der Waals surface area (Å²) in [4.78, 5) is 10.9. The predicted molar refractivity (Wildman–Crippen MR) is 79.5 cm³/mol. The van der Waals surface area contributed by atoms with Crippen molar-refractivity contribution in [1.29, 1.82) is 0 Å². The first-order valence-corrected chi connectivity index (χ1v) is 9.08. The first kappa shape index (κ1) is 15.3. The van der Waals surface area contributed by atoms with Crippen molar-refractivity contribution in [2.45, 2.75) is 23.3 Å². The van der Waals surface area contributed by atoms with Gasteiger partial charge in [-0.3, -0.25) is 0 Å². The molecule has 110 valence electrons. The molecule has 1 aromatic rings. The number of carbonyl (C=O) groups is 1. The Bertz CT molecular complexity index is 609. The second-order valence-corrected chi connectivity index (χ2v) is 8.05. The van der Waals surface area contributed by atoms with Crippen molar-refractivity contribution >= 4 is 27.8 Å². The molecule has 5 nitrogen and oxygen atoms in total. The van der Waals surface area contributed by atoms with E-state index in [1.807, 2.05) is 6.26 Å². The van der Waals surface area contributed by atoms with Crippen LogP contribution in [-0.4, -0.2) is 37.0 Å². The molecule has 20 heavy (non-hydrogen) atoms. The minimum atomic E-state index is -3.44. The van der Waals surface area contributed by atoms with Crippen molar-refractivity contribution in [3.8, 4) is 0 Å². The van der Waals surface area contributed by atoms with Crippen molar-refractivity contribution in [3.05, 3.63) is 35.4 Å². The van der Waals surface area contributed by atoms with Crippen molar-refractivity contribution < 1.29 is 18.3 Å². The number of carboxylic acids is 1. The van der Waals surface area contributed by atoms with Crippen LogP contribution in [0.15, 0.2) is 24.3 Å². The van der Waals surface area contributed by atoms with Gasteiger partial charge in [0, 0.05) is 11.3 Å². The summed E-state index contributed by atoms with van der Waals surface area (Å²) in [6.07, 6.45) is 4.05. The van der Waals surface area contributed by atoms with Gasteiger partial charge in [0.25, 0.3) is 0 Å². The van der Waals surface area contributed by atoms with Crippen LogP contribution in [0.5, 0.6) is 0 Å². The highest BCUT2D eigenvalue weighted by Crippen LogP contribution is 2.46. The van der Waals surface area contributed by atoms with E-state index in [0.29, 0.717) is 12.1 Å². The van der Waals surface area contributed by atoms with Gasteiger partial charge in [-0.2, -0.15) is 11.8 Å². The number of hydrogen-bond donors (Lipinski definition) is 2. The van der Waals surface area contributed by atoms with Crippen LogP contribution in [0.1, 0.15) is 28.8 Å². The zero-order chi connectivity index (χ0) is 14.8. The van der Waals surface area contributed by atoms with E-state index in [0.717, 1.165) is 12.8 Å². The summed E-state index contributed by atoms with van der Waals surface area (Å²) in [5, 5.41) is 8.89. The van der Waals surface area contributed by atoms with Crippen LogP contribution in [0.4, 0.5) is 0 Å². The summed E-state index contributed by atoms with van der Waals surface area (Å²) in [7, 11) is -3.44. The second kappa shape index (κ2) is 5.75. The molecule has 0 spiro atoms. The molecule has 1 aliphatic rings. The monoisotopic (exact) mass is 315 g/mol.